The number of hydrogen-bond donors (Lipinski definition) is 0. The first-order valence-electron chi connectivity index (χ1n) is 10.7. The minimum Gasteiger partial charge on any atom is -0.464 e. The van der Waals surface area contributed by atoms with Crippen molar-refractivity contribution in [3.05, 3.63) is 65.2 Å². The molecular formula is C23H21N3O6S. The highest BCUT2D eigenvalue weighted by molar-refractivity contribution is 7.90. The fourth-order valence-corrected chi connectivity index (χ4v) is 5.67. The largest absolute Gasteiger partial charge is 0.464 e. The Bertz CT molecular complexity index is 1260. The summed E-state index contributed by atoms with van der Waals surface area (Å²) in [4.78, 5) is 40.5. The maximum Gasteiger partial charge on any atom is 0.309 e. The number of likely N-dealkylation sites (tertiary alicyclic amines) is 1. The van der Waals surface area contributed by atoms with Crippen LogP contribution in [-0.2, 0) is 19.6 Å². The molecule has 5 rings (SSSR count). The van der Waals surface area contributed by atoms with E-state index in [-0.39, 0.29) is 41.7 Å². The lowest BCUT2D eigenvalue weighted by Crippen LogP contribution is -2.41. The van der Waals surface area contributed by atoms with Crippen LogP contribution in [0.5, 0.6) is 0 Å². The third-order valence-electron chi connectivity index (χ3n) is 6.18. The number of imide groups is 1. The molecule has 0 aliphatic carbocycles. The summed E-state index contributed by atoms with van der Waals surface area (Å²) in [5.74, 6) is -1.06. The maximum atomic E-state index is 12.5. The van der Waals surface area contributed by atoms with E-state index in [1.54, 1.807) is 48.5 Å². The van der Waals surface area contributed by atoms with Crippen molar-refractivity contribution in [3.63, 3.8) is 0 Å². The maximum absolute atomic E-state index is 12.5. The number of esters is 1. The lowest BCUT2D eigenvalue weighted by atomic mass is 9.96. The van der Waals surface area contributed by atoms with Crippen LogP contribution in [0.25, 0.3) is 0 Å². The van der Waals surface area contributed by atoms with Crippen LogP contribution in [0.1, 0.15) is 39.1 Å². The van der Waals surface area contributed by atoms with Gasteiger partial charge in [-0.3, -0.25) is 19.3 Å². The summed E-state index contributed by atoms with van der Waals surface area (Å²) in [5, 5.41) is 0. The molecule has 3 heterocycles. The average molecular weight is 468 g/mol. The Labute approximate surface area is 190 Å². The summed E-state index contributed by atoms with van der Waals surface area (Å²) >= 11 is 0. The van der Waals surface area contributed by atoms with E-state index in [4.69, 9.17) is 4.74 Å². The van der Waals surface area contributed by atoms with E-state index in [0.29, 0.717) is 48.5 Å². The molecule has 1 saturated heterocycles. The zero-order valence-electron chi connectivity index (χ0n) is 17.6. The lowest BCUT2D eigenvalue weighted by molar-refractivity contribution is -0.150. The van der Waals surface area contributed by atoms with Crippen molar-refractivity contribution >= 4 is 33.6 Å². The molecule has 2 aromatic carbocycles. The molecule has 2 amide bonds. The Morgan fingerprint density at radius 1 is 0.939 bits per heavy atom. The third-order valence-corrected chi connectivity index (χ3v) is 7.50. The summed E-state index contributed by atoms with van der Waals surface area (Å²) in [6, 6.07) is 13.3. The molecule has 0 saturated carbocycles. The first-order chi connectivity index (χ1) is 15.9. The summed E-state index contributed by atoms with van der Waals surface area (Å²) in [6.45, 7) is 0.882. The van der Waals surface area contributed by atoms with Gasteiger partial charge in [-0.1, -0.05) is 24.3 Å². The lowest BCUT2D eigenvalue weighted by Gasteiger charge is -2.32. The predicted molar refractivity (Wildman–Crippen MR) is 117 cm³/mol. The van der Waals surface area contributed by atoms with Crippen molar-refractivity contribution in [3.8, 4) is 0 Å². The van der Waals surface area contributed by atoms with Gasteiger partial charge < -0.3 is 9.64 Å². The summed E-state index contributed by atoms with van der Waals surface area (Å²) < 4.78 is 33.9. The molecule has 3 aliphatic rings. The Kier molecular flexibility index (Phi) is 5.24. The standard InChI is InChI=1S/C23H21N3O6S/c27-21-16-5-1-2-6-17(16)22(28)26(21)13-14-32-23(29)15-9-11-25(12-10-15)20-18-7-3-4-8-19(18)33(30,31)24-20/h1-8,15H,9-14H2. The Hall–Kier alpha value is -3.53. The number of ether oxygens (including phenoxy) is 1. The van der Waals surface area contributed by atoms with E-state index in [9.17, 15) is 22.8 Å². The number of carbonyl (C=O) groups is 3. The van der Waals surface area contributed by atoms with Gasteiger partial charge in [-0.15, -0.1) is 4.40 Å². The van der Waals surface area contributed by atoms with Gasteiger partial charge in [0.1, 0.15) is 11.5 Å². The molecule has 3 aliphatic heterocycles. The van der Waals surface area contributed by atoms with Gasteiger partial charge in [0.05, 0.1) is 23.6 Å². The fourth-order valence-electron chi connectivity index (χ4n) is 4.44. The number of hydrogen-bond acceptors (Lipinski definition) is 7. The number of piperidine rings is 1. The van der Waals surface area contributed by atoms with Crippen molar-refractivity contribution < 1.29 is 27.5 Å². The first-order valence-corrected chi connectivity index (χ1v) is 12.1. The highest BCUT2D eigenvalue weighted by Gasteiger charge is 2.36. The molecule has 0 N–H and O–H groups in total. The Morgan fingerprint density at radius 2 is 1.52 bits per heavy atom. The van der Waals surface area contributed by atoms with Crippen molar-refractivity contribution in [2.45, 2.75) is 17.7 Å². The zero-order chi connectivity index (χ0) is 23.2. The van der Waals surface area contributed by atoms with Crippen LogP contribution in [0.2, 0.25) is 0 Å². The van der Waals surface area contributed by atoms with Crippen LogP contribution in [0.3, 0.4) is 0 Å². The van der Waals surface area contributed by atoms with Crippen LogP contribution in [-0.4, -0.2) is 68.1 Å². The van der Waals surface area contributed by atoms with Crippen molar-refractivity contribution in [1.29, 1.82) is 0 Å². The van der Waals surface area contributed by atoms with Gasteiger partial charge in [0.2, 0.25) is 0 Å². The van der Waals surface area contributed by atoms with Crippen LogP contribution >= 0.6 is 0 Å². The second-order valence-corrected chi connectivity index (χ2v) is 9.69. The number of rotatable bonds is 4. The second kappa shape index (κ2) is 8.11. The van der Waals surface area contributed by atoms with E-state index < -0.39 is 10.0 Å². The SMILES string of the molecule is O=C(OCCN1C(=O)c2ccccc2C1=O)C1CCN(C2=NS(=O)(=O)c3ccccc32)CC1. The Balaban J connectivity index is 1.14. The van der Waals surface area contributed by atoms with Gasteiger partial charge in [-0.05, 0) is 37.1 Å². The summed E-state index contributed by atoms with van der Waals surface area (Å²) in [7, 11) is -3.69. The van der Waals surface area contributed by atoms with Crippen LogP contribution in [0.4, 0.5) is 0 Å². The van der Waals surface area contributed by atoms with Crippen LogP contribution < -0.4 is 0 Å². The normalized spacial score (nSPS) is 19.3. The van der Waals surface area contributed by atoms with Gasteiger partial charge >= 0.3 is 5.97 Å². The molecule has 0 bridgehead atoms. The van der Waals surface area contributed by atoms with Crippen molar-refractivity contribution in [2.24, 2.45) is 10.3 Å². The molecule has 0 atom stereocenters. The minimum absolute atomic E-state index is 0.00236. The number of carbonyl (C=O) groups excluding carboxylic acids is 3. The summed E-state index contributed by atoms with van der Waals surface area (Å²) in [5.41, 5.74) is 1.30. The van der Waals surface area contributed by atoms with E-state index in [2.05, 4.69) is 4.40 Å². The number of benzene rings is 2. The molecule has 0 aromatic heterocycles. The molecular weight excluding hydrogens is 446 g/mol. The van der Waals surface area contributed by atoms with Crippen LogP contribution in [0.15, 0.2) is 57.8 Å². The first kappa shape index (κ1) is 21.3. The molecule has 170 valence electrons. The van der Waals surface area contributed by atoms with Crippen LogP contribution in [0, 0.1) is 5.92 Å². The monoisotopic (exact) mass is 467 g/mol. The molecule has 2 aromatic rings. The van der Waals surface area contributed by atoms with E-state index >= 15 is 0 Å². The van der Waals surface area contributed by atoms with Crippen molar-refractivity contribution in [2.75, 3.05) is 26.2 Å². The number of nitrogens with zero attached hydrogens (tertiary/aromatic N) is 3. The van der Waals surface area contributed by atoms with E-state index in [1.165, 1.54) is 0 Å². The molecule has 33 heavy (non-hydrogen) atoms. The highest BCUT2D eigenvalue weighted by atomic mass is 32.2. The zero-order valence-corrected chi connectivity index (χ0v) is 18.5. The molecule has 0 spiro atoms. The smallest absolute Gasteiger partial charge is 0.309 e. The minimum atomic E-state index is -3.69. The number of sulfonamides is 1. The van der Waals surface area contributed by atoms with Gasteiger partial charge in [0, 0.05) is 18.7 Å². The van der Waals surface area contributed by atoms with E-state index in [0.717, 1.165) is 4.90 Å². The number of amidine groups is 1. The molecule has 0 unspecified atom stereocenters. The van der Waals surface area contributed by atoms with Gasteiger partial charge in [0.15, 0.2) is 5.84 Å². The molecule has 1 fully saturated rings. The summed E-state index contributed by atoms with van der Waals surface area (Å²) in [6.07, 6.45) is 0.986. The topological polar surface area (TPSA) is 113 Å². The number of amides is 2. The molecule has 9 nitrogen and oxygen atoms in total. The van der Waals surface area contributed by atoms with E-state index in [1.807, 2.05) is 4.90 Å². The predicted octanol–water partition coefficient (Wildman–Crippen LogP) is 1.69. The Morgan fingerprint density at radius 3 is 2.15 bits per heavy atom. The number of fused-ring (bicyclic) bond motifs is 2. The third kappa shape index (κ3) is 3.70. The van der Waals surface area contributed by atoms with Gasteiger partial charge in [-0.25, -0.2) is 0 Å². The quantitative estimate of drug-likeness (QED) is 0.497. The second-order valence-electron chi connectivity index (χ2n) is 8.12. The average Bonchev–Trinajstić information content (AvgIpc) is 3.25. The molecule has 10 heteroatoms. The van der Waals surface area contributed by atoms with Crippen molar-refractivity contribution in [1.82, 2.24) is 9.80 Å². The molecule has 0 radical (unpaired) electrons. The van der Waals surface area contributed by atoms with Gasteiger partial charge in [0.25, 0.3) is 21.8 Å². The van der Waals surface area contributed by atoms with Gasteiger partial charge in [-0.2, -0.15) is 8.42 Å². The fraction of sp³-hybridized carbons (Fsp3) is 0.304. The highest BCUT2D eigenvalue weighted by Crippen LogP contribution is 2.30.